The van der Waals surface area contributed by atoms with Gasteiger partial charge in [-0.3, -0.25) is 4.79 Å². The number of aryl methyl sites for hydroxylation is 1. The number of phenolic OH excluding ortho intramolecular Hbond substituents is 1. The highest BCUT2D eigenvalue weighted by Gasteiger charge is 2.25. The lowest BCUT2D eigenvalue weighted by molar-refractivity contribution is -0.143. The first kappa shape index (κ1) is 20.4. The van der Waals surface area contributed by atoms with Gasteiger partial charge in [-0.05, 0) is 50.2 Å². The van der Waals surface area contributed by atoms with Crippen LogP contribution in [0.15, 0.2) is 12.1 Å². The summed E-state index contributed by atoms with van der Waals surface area (Å²) < 4.78 is 24.8. The van der Waals surface area contributed by atoms with E-state index in [0.29, 0.717) is 0 Å². The summed E-state index contributed by atoms with van der Waals surface area (Å²) in [6, 6.07) is 2.43. The highest BCUT2D eigenvalue weighted by Crippen LogP contribution is 2.32. The highest BCUT2D eigenvalue weighted by molar-refractivity contribution is 5.69. The van der Waals surface area contributed by atoms with E-state index in [1.165, 1.54) is 38.7 Å². The first-order valence-electron chi connectivity index (χ1n) is 8.73. The number of halogens is 2. The number of aliphatic carboxylic acids is 1. The molecule has 1 aromatic rings. The second-order valence-electron chi connectivity index (χ2n) is 6.58. The maximum absolute atomic E-state index is 12.5. The molecule has 2 rings (SSSR count). The van der Waals surface area contributed by atoms with Gasteiger partial charge in [0.2, 0.25) is 5.82 Å². The lowest BCUT2D eigenvalue weighted by Crippen LogP contribution is -2.21. The molecule has 2 N–H and O–H groups in total. The monoisotopic (exact) mass is 342 g/mol. The van der Waals surface area contributed by atoms with Crippen LogP contribution in [0.1, 0.15) is 63.9 Å². The Morgan fingerprint density at radius 3 is 2.25 bits per heavy atom. The summed E-state index contributed by atoms with van der Waals surface area (Å²) in [5, 5.41) is 17.4. The van der Waals surface area contributed by atoms with Crippen LogP contribution in [0.2, 0.25) is 0 Å². The fraction of sp³-hybridized carbons (Fsp3) is 0.632. The largest absolute Gasteiger partial charge is 0.505 e. The zero-order chi connectivity index (χ0) is 18.1. The van der Waals surface area contributed by atoms with Crippen LogP contribution in [0, 0.1) is 30.4 Å². The molecule has 1 saturated carbocycles. The van der Waals surface area contributed by atoms with Crippen molar-refractivity contribution < 1.29 is 23.8 Å². The van der Waals surface area contributed by atoms with E-state index >= 15 is 0 Å². The zero-order valence-electron chi connectivity index (χ0n) is 14.5. The molecule has 0 aromatic heterocycles. The Labute approximate surface area is 142 Å². The Kier molecular flexibility index (Phi) is 8.72. The van der Waals surface area contributed by atoms with Crippen molar-refractivity contribution in [2.24, 2.45) is 11.8 Å². The molecule has 24 heavy (non-hydrogen) atoms. The molecule has 3 nitrogen and oxygen atoms in total. The number of hydrogen-bond donors (Lipinski definition) is 2. The average molecular weight is 342 g/mol. The summed E-state index contributed by atoms with van der Waals surface area (Å²) in [7, 11) is 0. The number of benzene rings is 1. The van der Waals surface area contributed by atoms with E-state index in [1.54, 1.807) is 0 Å². The zero-order valence-corrected chi connectivity index (χ0v) is 14.5. The minimum atomic E-state index is -1.18. The molecule has 1 aliphatic carbocycles. The molecule has 0 aliphatic heterocycles. The van der Waals surface area contributed by atoms with Gasteiger partial charge in [0.1, 0.15) is 0 Å². The van der Waals surface area contributed by atoms with E-state index in [-0.39, 0.29) is 11.5 Å². The van der Waals surface area contributed by atoms with Gasteiger partial charge in [-0.15, -0.1) is 0 Å². The summed E-state index contributed by atoms with van der Waals surface area (Å²) in [6.07, 6.45) is 9.36. The van der Waals surface area contributed by atoms with Crippen molar-refractivity contribution in [2.75, 3.05) is 0 Å². The Morgan fingerprint density at radius 1 is 1.12 bits per heavy atom. The Balaban J connectivity index is 0.000000254. The van der Waals surface area contributed by atoms with Crippen molar-refractivity contribution in [1.29, 1.82) is 0 Å². The van der Waals surface area contributed by atoms with Crippen LogP contribution in [0.4, 0.5) is 8.78 Å². The minimum Gasteiger partial charge on any atom is -0.505 e. The molecular weight excluding hydrogens is 314 g/mol. The third-order valence-corrected chi connectivity index (χ3v) is 4.67. The number of carboxylic acids is 1. The molecule has 0 radical (unpaired) electrons. The predicted octanol–water partition coefficient (Wildman–Crippen LogP) is 5.44. The van der Waals surface area contributed by atoms with Gasteiger partial charge in [0.25, 0.3) is 0 Å². The van der Waals surface area contributed by atoms with Crippen molar-refractivity contribution in [2.45, 2.75) is 65.2 Å². The lowest BCUT2D eigenvalue weighted by Gasteiger charge is -2.25. The molecule has 1 fully saturated rings. The second-order valence-corrected chi connectivity index (χ2v) is 6.58. The molecule has 0 saturated heterocycles. The second kappa shape index (κ2) is 10.3. The third kappa shape index (κ3) is 6.46. The molecule has 0 unspecified atom stereocenters. The maximum Gasteiger partial charge on any atom is 0.306 e. The van der Waals surface area contributed by atoms with Gasteiger partial charge in [0, 0.05) is 0 Å². The Morgan fingerprint density at radius 2 is 1.75 bits per heavy atom. The fourth-order valence-corrected chi connectivity index (χ4v) is 3.02. The van der Waals surface area contributed by atoms with Crippen LogP contribution < -0.4 is 0 Å². The summed E-state index contributed by atoms with van der Waals surface area (Å²) in [5.41, 5.74) is 0.190. The summed E-state index contributed by atoms with van der Waals surface area (Å²) >= 11 is 0. The van der Waals surface area contributed by atoms with E-state index in [1.807, 2.05) is 0 Å². The summed E-state index contributed by atoms with van der Waals surface area (Å²) in [5.74, 6) is -2.63. The maximum atomic E-state index is 12.5. The molecule has 0 amide bonds. The van der Waals surface area contributed by atoms with Crippen LogP contribution in [0.3, 0.4) is 0 Å². The minimum absolute atomic E-state index is 0.0441. The standard InChI is InChI=1S/C12H22O2.C7H6F2O/c1-2-3-4-5-10-6-8-11(9-7-10)12(13)14;1-4-2-3-5(10)7(9)6(4)8/h10-11H,2-9H2,1H3,(H,13,14);2-3,10H,1H3. The molecule has 1 aromatic carbocycles. The summed E-state index contributed by atoms with van der Waals surface area (Å²) in [6.45, 7) is 3.65. The molecule has 0 atom stereocenters. The van der Waals surface area contributed by atoms with Crippen LogP contribution in [0.5, 0.6) is 5.75 Å². The van der Waals surface area contributed by atoms with Gasteiger partial charge in [-0.25, -0.2) is 4.39 Å². The molecule has 1 aliphatic rings. The molecule has 0 heterocycles. The van der Waals surface area contributed by atoms with Crippen LogP contribution in [0.25, 0.3) is 0 Å². The van der Waals surface area contributed by atoms with E-state index < -0.39 is 23.4 Å². The van der Waals surface area contributed by atoms with Gasteiger partial charge < -0.3 is 10.2 Å². The topological polar surface area (TPSA) is 57.5 Å². The third-order valence-electron chi connectivity index (χ3n) is 4.67. The van der Waals surface area contributed by atoms with Gasteiger partial charge in [-0.2, -0.15) is 4.39 Å². The SMILES string of the molecule is CCCCCC1CCC(C(=O)O)CC1.Cc1ccc(O)c(F)c1F. The number of phenols is 1. The number of aromatic hydroxyl groups is 1. The van der Waals surface area contributed by atoms with Crippen LogP contribution in [-0.4, -0.2) is 16.2 Å². The average Bonchev–Trinajstić information content (AvgIpc) is 2.58. The van der Waals surface area contributed by atoms with Gasteiger partial charge >= 0.3 is 5.97 Å². The van der Waals surface area contributed by atoms with E-state index in [4.69, 9.17) is 10.2 Å². The van der Waals surface area contributed by atoms with Gasteiger partial charge in [0.05, 0.1) is 5.92 Å². The van der Waals surface area contributed by atoms with Crippen molar-refractivity contribution in [3.63, 3.8) is 0 Å². The first-order valence-corrected chi connectivity index (χ1v) is 8.73. The highest BCUT2D eigenvalue weighted by atomic mass is 19.2. The van der Waals surface area contributed by atoms with E-state index in [2.05, 4.69) is 6.92 Å². The quantitative estimate of drug-likeness (QED) is 0.701. The predicted molar refractivity (Wildman–Crippen MR) is 90.0 cm³/mol. The Hall–Kier alpha value is -1.65. The first-order chi connectivity index (χ1) is 11.4. The normalized spacial score (nSPS) is 20.2. The molecule has 5 heteroatoms. The van der Waals surface area contributed by atoms with Gasteiger partial charge in [0.15, 0.2) is 11.6 Å². The van der Waals surface area contributed by atoms with Crippen molar-refractivity contribution in [1.82, 2.24) is 0 Å². The van der Waals surface area contributed by atoms with E-state index in [9.17, 15) is 13.6 Å². The van der Waals surface area contributed by atoms with Crippen LogP contribution in [-0.2, 0) is 4.79 Å². The lowest BCUT2D eigenvalue weighted by atomic mass is 9.80. The summed E-state index contributed by atoms with van der Waals surface area (Å²) in [4.78, 5) is 10.7. The smallest absolute Gasteiger partial charge is 0.306 e. The van der Waals surface area contributed by atoms with Crippen molar-refractivity contribution in [3.8, 4) is 5.75 Å². The van der Waals surface area contributed by atoms with Gasteiger partial charge in [-0.1, -0.05) is 38.7 Å². The number of unbranched alkanes of at least 4 members (excludes halogenated alkanes) is 2. The fourth-order valence-electron chi connectivity index (χ4n) is 3.02. The number of hydrogen-bond acceptors (Lipinski definition) is 2. The number of carboxylic acid groups (broad SMARTS) is 1. The van der Waals surface area contributed by atoms with E-state index in [0.717, 1.165) is 37.7 Å². The number of carbonyl (C=O) groups is 1. The van der Waals surface area contributed by atoms with Crippen molar-refractivity contribution in [3.05, 3.63) is 29.3 Å². The molecule has 0 spiro atoms. The van der Waals surface area contributed by atoms with Crippen molar-refractivity contribution >= 4 is 5.97 Å². The molecule has 136 valence electrons. The number of rotatable bonds is 5. The molecule has 0 bridgehead atoms. The Bertz CT molecular complexity index is 497. The molecular formula is C19H28F2O3. The van der Waals surface area contributed by atoms with Crippen LogP contribution >= 0.6 is 0 Å².